The molecule has 0 radical (unpaired) electrons. The maximum atomic E-state index is 6.23. The van der Waals surface area contributed by atoms with Gasteiger partial charge in [0, 0.05) is 17.1 Å². The van der Waals surface area contributed by atoms with Gasteiger partial charge in [0.25, 0.3) is 0 Å². The molecule has 5 fully saturated rings. The van der Waals surface area contributed by atoms with E-state index in [4.69, 9.17) is 11.6 Å². The summed E-state index contributed by atoms with van der Waals surface area (Å²) in [5, 5.41) is 5.08. The minimum atomic E-state index is 0.411. The normalized spacial score (nSPS) is 41.8. The van der Waals surface area contributed by atoms with Crippen molar-refractivity contribution in [3.05, 3.63) is 34.9 Å². The number of hydrogen-bond acceptors (Lipinski definition) is 1. The Hall–Kier alpha value is -0.530. The van der Waals surface area contributed by atoms with E-state index in [-0.39, 0.29) is 0 Å². The first-order valence-electron chi connectivity index (χ1n) is 12.7. The molecule has 0 spiro atoms. The van der Waals surface area contributed by atoms with Crippen LogP contribution in [0.1, 0.15) is 97.5 Å². The predicted molar refractivity (Wildman–Crippen MR) is 128 cm³/mol. The van der Waals surface area contributed by atoms with Gasteiger partial charge in [0.15, 0.2) is 0 Å². The third-order valence-electron chi connectivity index (χ3n) is 9.92. The average Bonchev–Trinajstić information content (AvgIpc) is 2.67. The molecule has 1 aromatic carbocycles. The molecule has 166 valence electrons. The lowest BCUT2D eigenvalue weighted by Gasteiger charge is -2.64. The van der Waals surface area contributed by atoms with Gasteiger partial charge in [-0.1, -0.05) is 44.5 Å². The number of nitrogens with one attached hydrogen (secondary N) is 1. The van der Waals surface area contributed by atoms with Crippen molar-refractivity contribution in [3.8, 4) is 0 Å². The quantitative estimate of drug-likeness (QED) is 0.517. The summed E-state index contributed by atoms with van der Waals surface area (Å²) in [5.41, 5.74) is 2.96. The summed E-state index contributed by atoms with van der Waals surface area (Å²) in [6.07, 6.45) is 14.2. The summed E-state index contributed by atoms with van der Waals surface area (Å²) in [7, 11) is 0. The molecule has 5 atom stereocenters. The lowest BCUT2D eigenvalue weighted by atomic mass is 9.41. The van der Waals surface area contributed by atoms with Crippen LogP contribution in [0, 0.1) is 28.6 Å². The molecule has 0 saturated heterocycles. The van der Waals surface area contributed by atoms with Gasteiger partial charge in [0.2, 0.25) is 0 Å². The smallest absolute Gasteiger partial charge is 0.0406 e. The summed E-state index contributed by atoms with van der Waals surface area (Å²) in [6, 6.07) is 10.3. The number of benzene rings is 1. The third-order valence-corrected chi connectivity index (χ3v) is 10.2. The van der Waals surface area contributed by atoms with E-state index in [2.05, 4.69) is 57.3 Å². The van der Waals surface area contributed by atoms with Gasteiger partial charge < -0.3 is 5.32 Å². The zero-order valence-electron chi connectivity index (χ0n) is 19.6. The maximum Gasteiger partial charge on any atom is 0.0406 e. The van der Waals surface area contributed by atoms with Gasteiger partial charge in [0.05, 0.1) is 0 Å². The van der Waals surface area contributed by atoms with Crippen LogP contribution in [0.3, 0.4) is 0 Å². The van der Waals surface area contributed by atoms with E-state index >= 15 is 0 Å². The van der Waals surface area contributed by atoms with Crippen molar-refractivity contribution in [2.75, 3.05) is 0 Å². The van der Waals surface area contributed by atoms with Crippen molar-refractivity contribution in [2.24, 2.45) is 28.6 Å². The second kappa shape index (κ2) is 7.51. The number of halogens is 1. The minimum absolute atomic E-state index is 0.411. The topological polar surface area (TPSA) is 12.0 Å². The van der Waals surface area contributed by atoms with Crippen molar-refractivity contribution in [2.45, 2.75) is 109 Å². The fourth-order valence-electron chi connectivity index (χ4n) is 8.64. The Kier molecular flexibility index (Phi) is 5.34. The SMILES string of the molecule is C[C@H](NC1CCC(C(C)(C)C)CC1)C12C[C@@H]3C[C@@H](CC(c4ccc(Cl)cc4)(C3)C1)C2. The van der Waals surface area contributed by atoms with Crippen LogP contribution in [-0.4, -0.2) is 12.1 Å². The minimum Gasteiger partial charge on any atom is -0.311 e. The fourth-order valence-corrected chi connectivity index (χ4v) is 8.76. The standard InChI is InChI=1S/C28H42ClN/c1-19(30-25-11-7-22(8-12-25)26(2,3)4)27-14-20-13-21(15-27)17-28(16-20,18-27)23-5-9-24(29)10-6-23/h5-6,9-10,19-22,25,30H,7-8,11-18H2,1-4H3/t19-,20-,21+,22?,25?,27?,28?/m0/s1. The van der Waals surface area contributed by atoms with E-state index in [9.17, 15) is 0 Å². The summed E-state index contributed by atoms with van der Waals surface area (Å²) in [5.74, 6) is 2.77. The summed E-state index contributed by atoms with van der Waals surface area (Å²) in [6.45, 7) is 9.83. The van der Waals surface area contributed by atoms with Crippen LogP contribution in [0.5, 0.6) is 0 Å². The summed E-state index contributed by atoms with van der Waals surface area (Å²) in [4.78, 5) is 0. The largest absolute Gasteiger partial charge is 0.311 e. The van der Waals surface area contributed by atoms with Gasteiger partial charge in [-0.3, -0.25) is 0 Å². The van der Waals surface area contributed by atoms with E-state index in [0.717, 1.165) is 28.8 Å². The Balaban J connectivity index is 1.31. The van der Waals surface area contributed by atoms with Gasteiger partial charge in [-0.05, 0) is 123 Å². The molecule has 1 N–H and O–H groups in total. The fraction of sp³-hybridized carbons (Fsp3) is 0.786. The molecule has 6 rings (SSSR count). The van der Waals surface area contributed by atoms with E-state index < -0.39 is 0 Å². The molecule has 5 aliphatic rings. The molecular weight excluding hydrogens is 386 g/mol. The number of hydrogen-bond donors (Lipinski definition) is 1. The molecule has 30 heavy (non-hydrogen) atoms. The molecule has 1 aromatic rings. The van der Waals surface area contributed by atoms with Crippen LogP contribution in [0.15, 0.2) is 24.3 Å². The van der Waals surface area contributed by atoms with Crippen LogP contribution >= 0.6 is 11.6 Å². The van der Waals surface area contributed by atoms with E-state index in [1.807, 2.05) is 0 Å². The predicted octanol–water partition coefficient (Wildman–Crippen LogP) is 7.76. The van der Waals surface area contributed by atoms with Crippen LogP contribution in [0.4, 0.5) is 0 Å². The zero-order chi connectivity index (χ0) is 21.1. The Bertz CT molecular complexity index is 738. The molecule has 0 heterocycles. The molecule has 2 unspecified atom stereocenters. The number of rotatable bonds is 4. The van der Waals surface area contributed by atoms with Crippen LogP contribution < -0.4 is 5.32 Å². The van der Waals surface area contributed by atoms with E-state index in [1.54, 1.807) is 5.56 Å². The molecule has 0 aromatic heterocycles. The monoisotopic (exact) mass is 427 g/mol. The first-order chi connectivity index (χ1) is 14.2. The second-order valence-corrected chi connectivity index (χ2v) is 13.3. The van der Waals surface area contributed by atoms with Gasteiger partial charge in [-0.15, -0.1) is 0 Å². The van der Waals surface area contributed by atoms with Crippen LogP contribution in [-0.2, 0) is 5.41 Å². The molecule has 0 amide bonds. The van der Waals surface area contributed by atoms with Gasteiger partial charge in [-0.2, -0.15) is 0 Å². The van der Waals surface area contributed by atoms with Crippen molar-refractivity contribution >= 4 is 11.6 Å². The Labute approximate surface area is 189 Å². The molecule has 5 saturated carbocycles. The van der Waals surface area contributed by atoms with Gasteiger partial charge >= 0.3 is 0 Å². The first-order valence-corrected chi connectivity index (χ1v) is 13.1. The molecular formula is C28H42ClN. The third kappa shape index (κ3) is 3.77. The highest BCUT2D eigenvalue weighted by Gasteiger charge is 2.59. The van der Waals surface area contributed by atoms with Gasteiger partial charge in [0.1, 0.15) is 0 Å². The first kappa shape index (κ1) is 21.3. The Morgan fingerprint density at radius 2 is 1.53 bits per heavy atom. The second-order valence-electron chi connectivity index (χ2n) is 12.9. The zero-order valence-corrected chi connectivity index (χ0v) is 20.4. The molecule has 5 aliphatic carbocycles. The Morgan fingerprint density at radius 1 is 0.933 bits per heavy atom. The highest BCUT2D eigenvalue weighted by atomic mass is 35.5. The van der Waals surface area contributed by atoms with Crippen LogP contribution in [0.25, 0.3) is 0 Å². The maximum absolute atomic E-state index is 6.23. The van der Waals surface area contributed by atoms with Crippen molar-refractivity contribution in [3.63, 3.8) is 0 Å². The summed E-state index contributed by atoms with van der Waals surface area (Å²) < 4.78 is 0. The molecule has 4 bridgehead atoms. The summed E-state index contributed by atoms with van der Waals surface area (Å²) >= 11 is 6.23. The van der Waals surface area contributed by atoms with Crippen LogP contribution in [0.2, 0.25) is 5.02 Å². The highest BCUT2D eigenvalue weighted by molar-refractivity contribution is 6.30. The lowest BCUT2D eigenvalue weighted by molar-refractivity contribution is -0.0904. The van der Waals surface area contributed by atoms with E-state index in [1.165, 1.54) is 64.2 Å². The molecule has 0 aliphatic heterocycles. The molecule has 2 heteroatoms. The van der Waals surface area contributed by atoms with Crippen molar-refractivity contribution in [1.29, 1.82) is 0 Å². The van der Waals surface area contributed by atoms with Crippen molar-refractivity contribution < 1.29 is 0 Å². The lowest BCUT2D eigenvalue weighted by Crippen LogP contribution is -2.61. The van der Waals surface area contributed by atoms with Gasteiger partial charge in [-0.25, -0.2) is 0 Å². The highest BCUT2D eigenvalue weighted by Crippen LogP contribution is 2.66. The van der Waals surface area contributed by atoms with Crippen molar-refractivity contribution in [1.82, 2.24) is 5.32 Å². The average molecular weight is 428 g/mol. The Morgan fingerprint density at radius 3 is 2.10 bits per heavy atom. The molecule has 1 nitrogen and oxygen atoms in total. The van der Waals surface area contributed by atoms with E-state index in [0.29, 0.717) is 22.3 Å².